The zero-order chi connectivity index (χ0) is 24.4. The highest BCUT2D eigenvalue weighted by atomic mass is 16.3. The van der Waals surface area contributed by atoms with Crippen LogP contribution in [0.3, 0.4) is 0 Å². The van der Waals surface area contributed by atoms with Gasteiger partial charge in [-0.25, -0.2) is 4.98 Å². The molecule has 9 atom stereocenters. The highest BCUT2D eigenvalue weighted by Crippen LogP contribution is 2.67. The largest absolute Gasteiger partial charge is 0.393 e. The molecule has 4 fully saturated rings. The zero-order valence-corrected chi connectivity index (χ0v) is 21.2. The van der Waals surface area contributed by atoms with Crippen molar-refractivity contribution in [3.8, 4) is 0 Å². The SMILES string of the molecule is C.CC12CCC3C(C(O)CC4C[C@H](O)CCC43C)C1CCC2CCCc1nc2cnccc2c(=O)[nH]1. The monoisotopic (exact) mass is 495 g/mol. The third-order valence-corrected chi connectivity index (χ3v) is 11.4. The van der Waals surface area contributed by atoms with Gasteiger partial charge in [0.2, 0.25) is 0 Å². The topological polar surface area (TPSA) is 99.1 Å². The second kappa shape index (κ2) is 9.50. The number of nitrogens with one attached hydrogen (secondary N) is 1. The van der Waals surface area contributed by atoms with Crippen LogP contribution in [0.5, 0.6) is 0 Å². The van der Waals surface area contributed by atoms with Crippen molar-refractivity contribution in [2.45, 2.75) is 104 Å². The highest BCUT2D eigenvalue weighted by molar-refractivity contribution is 5.75. The number of aryl methyl sites for hydroxylation is 1. The number of H-pyrrole nitrogens is 1. The van der Waals surface area contributed by atoms with Crippen LogP contribution in [0, 0.1) is 40.4 Å². The lowest BCUT2D eigenvalue weighted by molar-refractivity contribution is -0.172. The zero-order valence-electron chi connectivity index (χ0n) is 21.2. The third kappa shape index (κ3) is 4.03. The molecule has 0 amide bonds. The maximum atomic E-state index is 12.4. The van der Waals surface area contributed by atoms with Gasteiger partial charge in [-0.1, -0.05) is 21.3 Å². The molecule has 2 aromatic heterocycles. The summed E-state index contributed by atoms with van der Waals surface area (Å²) in [5, 5.41) is 22.3. The number of aromatic amines is 1. The number of nitrogens with zero attached hydrogens (tertiary/aromatic N) is 2. The van der Waals surface area contributed by atoms with Gasteiger partial charge in [-0.05, 0) is 111 Å². The van der Waals surface area contributed by atoms with Crippen molar-refractivity contribution >= 4 is 10.9 Å². The Morgan fingerprint density at radius 1 is 1.06 bits per heavy atom. The second-order valence-electron chi connectivity index (χ2n) is 12.8. The molecule has 8 unspecified atom stereocenters. The molecule has 2 heterocycles. The predicted octanol–water partition coefficient (Wildman–Crippen LogP) is 5.27. The van der Waals surface area contributed by atoms with Gasteiger partial charge in [0.1, 0.15) is 5.82 Å². The summed E-state index contributed by atoms with van der Waals surface area (Å²) in [6.45, 7) is 4.99. The quantitative estimate of drug-likeness (QED) is 0.537. The number of aliphatic hydroxyl groups excluding tert-OH is 2. The van der Waals surface area contributed by atoms with E-state index in [0.717, 1.165) is 50.8 Å². The van der Waals surface area contributed by atoms with E-state index in [1.807, 2.05) is 0 Å². The molecule has 0 bridgehead atoms. The standard InChI is InChI=1S/C29H41N3O3.CH4/c1-28-12-9-22-26(24(34)15-18-14-19(33)8-11-29(18,22)2)21(28)7-6-17(28)4-3-5-25-31-23-16-30-13-10-20(23)27(35)32-25;/h10,13,16-19,21-22,24,26,33-34H,3-9,11-12,14-15H2,1-2H3,(H,31,32,35);1H4/t17?,18?,19-,21?,22?,24?,26?,28?,29?;/m1./s1. The molecular formula is C30H45N3O3. The van der Waals surface area contributed by atoms with Crippen LogP contribution in [0.4, 0.5) is 0 Å². The van der Waals surface area contributed by atoms with Gasteiger partial charge in [-0.15, -0.1) is 0 Å². The van der Waals surface area contributed by atoms with E-state index >= 15 is 0 Å². The Kier molecular flexibility index (Phi) is 6.82. The first-order valence-electron chi connectivity index (χ1n) is 14.0. The average molecular weight is 496 g/mol. The first-order valence-corrected chi connectivity index (χ1v) is 14.0. The summed E-state index contributed by atoms with van der Waals surface area (Å²) in [6, 6.07) is 1.72. The van der Waals surface area contributed by atoms with E-state index < -0.39 is 0 Å². The van der Waals surface area contributed by atoms with Gasteiger partial charge in [0.05, 0.1) is 29.3 Å². The van der Waals surface area contributed by atoms with Crippen molar-refractivity contribution in [2.75, 3.05) is 0 Å². The molecule has 4 aliphatic rings. The first kappa shape index (κ1) is 25.8. The van der Waals surface area contributed by atoms with Crippen LogP contribution in [0.15, 0.2) is 23.3 Å². The van der Waals surface area contributed by atoms with Crippen LogP contribution in [-0.4, -0.2) is 37.4 Å². The fourth-order valence-corrected chi connectivity index (χ4v) is 9.46. The Bertz CT molecular complexity index is 1150. The Labute approximate surface area is 215 Å². The van der Waals surface area contributed by atoms with Crippen LogP contribution < -0.4 is 5.56 Å². The van der Waals surface area contributed by atoms with Crippen molar-refractivity contribution in [1.82, 2.24) is 15.0 Å². The maximum absolute atomic E-state index is 12.4. The Hall–Kier alpha value is -1.79. The van der Waals surface area contributed by atoms with Gasteiger partial charge >= 0.3 is 0 Å². The van der Waals surface area contributed by atoms with E-state index in [1.165, 1.54) is 25.7 Å². The van der Waals surface area contributed by atoms with Crippen molar-refractivity contribution in [3.63, 3.8) is 0 Å². The Morgan fingerprint density at radius 2 is 1.83 bits per heavy atom. The van der Waals surface area contributed by atoms with Gasteiger partial charge in [0, 0.05) is 12.6 Å². The molecule has 36 heavy (non-hydrogen) atoms. The summed E-state index contributed by atoms with van der Waals surface area (Å²) in [5.74, 6) is 3.53. The lowest BCUT2D eigenvalue weighted by atomic mass is 9.44. The number of rotatable bonds is 4. The van der Waals surface area contributed by atoms with E-state index in [-0.39, 0.29) is 30.6 Å². The minimum Gasteiger partial charge on any atom is -0.393 e. The summed E-state index contributed by atoms with van der Waals surface area (Å²) in [5.41, 5.74) is 1.18. The van der Waals surface area contributed by atoms with E-state index in [1.54, 1.807) is 18.5 Å². The molecule has 0 radical (unpaired) electrons. The van der Waals surface area contributed by atoms with Crippen LogP contribution in [0.2, 0.25) is 0 Å². The maximum Gasteiger partial charge on any atom is 0.258 e. The molecule has 2 aromatic rings. The average Bonchev–Trinajstić information content (AvgIpc) is 3.16. The second-order valence-corrected chi connectivity index (χ2v) is 12.8. The molecule has 6 nitrogen and oxygen atoms in total. The van der Waals surface area contributed by atoms with Crippen LogP contribution in [0.1, 0.15) is 91.3 Å². The molecule has 6 rings (SSSR count). The molecule has 0 saturated heterocycles. The number of hydrogen-bond donors (Lipinski definition) is 3. The van der Waals surface area contributed by atoms with E-state index in [0.29, 0.717) is 45.9 Å². The fourth-order valence-electron chi connectivity index (χ4n) is 9.46. The first-order chi connectivity index (χ1) is 16.8. The Morgan fingerprint density at radius 3 is 2.67 bits per heavy atom. The van der Waals surface area contributed by atoms with Crippen molar-refractivity contribution in [1.29, 1.82) is 0 Å². The van der Waals surface area contributed by atoms with Crippen molar-refractivity contribution in [2.24, 2.45) is 40.4 Å². The number of fused-ring (bicyclic) bond motifs is 6. The minimum absolute atomic E-state index is 0. The molecule has 0 spiro atoms. The van der Waals surface area contributed by atoms with Gasteiger partial charge in [0.25, 0.3) is 5.56 Å². The van der Waals surface area contributed by atoms with Gasteiger partial charge < -0.3 is 15.2 Å². The van der Waals surface area contributed by atoms with Gasteiger partial charge in [-0.3, -0.25) is 9.78 Å². The molecule has 4 aliphatic carbocycles. The summed E-state index contributed by atoms with van der Waals surface area (Å²) in [4.78, 5) is 24.1. The molecule has 3 N–H and O–H groups in total. The van der Waals surface area contributed by atoms with E-state index in [2.05, 4.69) is 28.8 Å². The number of aliphatic hydroxyl groups is 2. The van der Waals surface area contributed by atoms with E-state index in [4.69, 9.17) is 0 Å². The highest BCUT2D eigenvalue weighted by Gasteiger charge is 2.62. The molecule has 6 heteroatoms. The van der Waals surface area contributed by atoms with Crippen LogP contribution in [0.25, 0.3) is 10.9 Å². The van der Waals surface area contributed by atoms with E-state index in [9.17, 15) is 15.0 Å². The molecule has 198 valence electrons. The Balaban J connectivity index is 0.00000267. The predicted molar refractivity (Wildman–Crippen MR) is 142 cm³/mol. The fraction of sp³-hybridized carbons (Fsp3) is 0.767. The number of aromatic nitrogens is 3. The molecule has 4 saturated carbocycles. The lowest BCUT2D eigenvalue weighted by Gasteiger charge is -2.62. The summed E-state index contributed by atoms with van der Waals surface area (Å²) in [7, 11) is 0. The number of pyridine rings is 1. The summed E-state index contributed by atoms with van der Waals surface area (Å²) < 4.78 is 0. The van der Waals surface area contributed by atoms with Crippen LogP contribution in [-0.2, 0) is 6.42 Å². The smallest absolute Gasteiger partial charge is 0.258 e. The molecule has 0 aliphatic heterocycles. The van der Waals surface area contributed by atoms with Crippen LogP contribution >= 0.6 is 0 Å². The summed E-state index contributed by atoms with van der Waals surface area (Å²) >= 11 is 0. The minimum atomic E-state index is -0.216. The normalized spacial score (nSPS) is 41.7. The lowest BCUT2D eigenvalue weighted by Crippen LogP contribution is -2.58. The van der Waals surface area contributed by atoms with Crippen molar-refractivity contribution in [3.05, 3.63) is 34.6 Å². The molecule has 0 aromatic carbocycles. The molecular weight excluding hydrogens is 450 g/mol. The van der Waals surface area contributed by atoms with Crippen molar-refractivity contribution < 1.29 is 10.2 Å². The summed E-state index contributed by atoms with van der Waals surface area (Å²) in [6.07, 6.45) is 14.6. The van der Waals surface area contributed by atoms with Gasteiger partial charge in [0.15, 0.2) is 0 Å². The number of hydrogen-bond acceptors (Lipinski definition) is 5. The third-order valence-electron chi connectivity index (χ3n) is 11.4. The van der Waals surface area contributed by atoms with Gasteiger partial charge in [-0.2, -0.15) is 0 Å².